The summed E-state index contributed by atoms with van der Waals surface area (Å²) in [6.45, 7) is 9.26. The van der Waals surface area contributed by atoms with E-state index >= 15 is 0 Å². The molecule has 0 aliphatic heterocycles. The van der Waals surface area contributed by atoms with Crippen LogP contribution in [-0.4, -0.2) is 12.1 Å². The van der Waals surface area contributed by atoms with Gasteiger partial charge in [0.25, 0.3) is 0 Å². The molecule has 0 heterocycles. The minimum atomic E-state index is 0.175. The molecule has 0 saturated heterocycles. The van der Waals surface area contributed by atoms with E-state index in [0.717, 1.165) is 12.3 Å². The lowest BCUT2D eigenvalue weighted by Gasteiger charge is -2.19. The molecular weight excluding hydrogens is 258 g/mol. The van der Waals surface area contributed by atoms with E-state index in [-0.39, 0.29) is 6.10 Å². The van der Waals surface area contributed by atoms with Crippen molar-refractivity contribution >= 4 is 0 Å². The fourth-order valence-corrected chi connectivity index (χ4v) is 2.31. The van der Waals surface area contributed by atoms with Gasteiger partial charge in [-0.05, 0) is 31.0 Å². The minimum Gasteiger partial charge on any atom is -0.491 e. The van der Waals surface area contributed by atoms with Gasteiger partial charge in [0.2, 0.25) is 0 Å². The smallest absolute Gasteiger partial charge is 0.124 e. The van der Waals surface area contributed by atoms with Crippen molar-refractivity contribution < 1.29 is 4.74 Å². The van der Waals surface area contributed by atoms with E-state index in [2.05, 4.69) is 75.5 Å². The van der Waals surface area contributed by atoms with Crippen molar-refractivity contribution in [3.05, 3.63) is 54.1 Å². The summed E-state index contributed by atoms with van der Waals surface area (Å²) in [5.41, 5.74) is 3.69. The lowest BCUT2D eigenvalue weighted by molar-refractivity contribution is 0.239. The molecule has 0 unspecified atom stereocenters. The van der Waals surface area contributed by atoms with Gasteiger partial charge in [-0.15, -0.1) is 0 Å². The summed E-state index contributed by atoms with van der Waals surface area (Å²) >= 11 is 0. The first-order chi connectivity index (χ1) is 10.1. The van der Waals surface area contributed by atoms with Gasteiger partial charge in [-0.3, -0.25) is 0 Å². The number of hydrogen-bond donors (Lipinski definition) is 1. The fourth-order valence-electron chi connectivity index (χ4n) is 2.31. The van der Waals surface area contributed by atoms with Crippen LogP contribution in [0.3, 0.4) is 0 Å². The van der Waals surface area contributed by atoms with Crippen LogP contribution in [-0.2, 0) is 6.54 Å². The quantitative estimate of drug-likeness (QED) is 0.834. The van der Waals surface area contributed by atoms with Crippen LogP contribution in [0.1, 0.15) is 33.3 Å². The van der Waals surface area contributed by atoms with Gasteiger partial charge in [-0.1, -0.05) is 56.3 Å². The summed E-state index contributed by atoms with van der Waals surface area (Å²) in [7, 11) is 0. The Labute approximate surface area is 128 Å². The van der Waals surface area contributed by atoms with E-state index in [1.165, 1.54) is 16.7 Å². The molecule has 2 heteroatoms. The first-order valence-corrected chi connectivity index (χ1v) is 7.65. The largest absolute Gasteiger partial charge is 0.491 e. The summed E-state index contributed by atoms with van der Waals surface area (Å²) in [5.74, 6) is 0.972. The second kappa shape index (κ2) is 7.28. The fraction of sp³-hybridized carbons (Fsp3) is 0.368. The molecule has 0 amide bonds. The lowest BCUT2D eigenvalue weighted by atomic mass is 9.98. The summed E-state index contributed by atoms with van der Waals surface area (Å²) in [6.07, 6.45) is 0.175. The third-order valence-corrected chi connectivity index (χ3v) is 3.27. The molecule has 0 spiro atoms. The van der Waals surface area contributed by atoms with Crippen molar-refractivity contribution in [2.24, 2.45) is 0 Å². The highest BCUT2D eigenvalue weighted by atomic mass is 16.5. The van der Waals surface area contributed by atoms with Crippen LogP contribution in [0.4, 0.5) is 0 Å². The van der Waals surface area contributed by atoms with Gasteiger partial charge >= 0.3 is 0 Å². The van der Waals surface area contributed by atoms with Crippen LogP contribution in [0.25, 0.3) is 11.1 Å². The molecule has 2 aromatic rings. The number of hydrogen-bond acceptors (Lipinski definition) is 2. The normalized spacial score (nSPS) is 11.1. The van der Waals surface area contributed by atoms with E-state index in [1.807, 2.05) is 6.07 Å². The Bertz CT molecular complexity index is 561. The minimum absolute atomic E-state index is 0.175. The molecular formula is C19H25NO. The maximum atomic E-state index is 6.00. The lowest BCUT2D eigenvalue weighted by Crippen LogP contribution is -2.23. The second-order valence-corrected chi connectivity index (χ2v) is 5.85. The molecule has 112 valence electrons. The molecule has 2 aromatic carbocycles. The Kier molecular flexibility index (Phi) is 5.40. The van der Waals surface area contributed by atoms with Gasteiger partial charge in [-0.2, -0.15) is 0 Å². The standard InChI is InChI=1S/C19H25NO/c1-14(2)20-13-18-17(16-9-6-5-7-10-16)11-8-12-19(18)21-15(3)4/h5-12,14-15,20H,13H2,1-4H3. The zero-order valence-electron chi connectivity index (χ0n) is 13.4. The Hall–Kier alpha value is -1.80. The zero-order valence-corrected chi connectivity index (χ0v) is 13.4. The average molecular weight is 283 g/mol. The van der Waals surface area contributed by atoms with E-state index in [9.17, 15) is 0 Å². The Balaban J connectivity index is 2.43. The number of ether oxygens (including phenoxy) is 1. The van der Waals surface area contributed by atoms with E-state index in [4.69, 9.17) is 4.74 Å². The van der Waals surface area contributed by atoms with Crippen molar-refractivity contribution in [3.63, 3.8) is 0 Å². The Morgan fingerprint density at radius 2 is 1.62 bits per heavy atom. The molecule has 0 aliphatic carbocycles. The van der Waals surface area contributed by atoms with E-state index < -0.39 is 0 Å². The van der Waals surface area contributed by atoms with Crippen LogP contribution < -0.4 is 10.1 Å². The van der Waals surface area contributed by atoms with Crippen LogP contribution in [0, 0.1) is 0 Å². The molecule has 2 rings (SSSR count). The zero-order chi connectivity index (χ0) is 15.2. The van der Waals surface area contributed by atoms with Crippen LogP contribution in [0.2, 0.25) is 0 Å². The van der Waals surface area contributed by atoms with Crippen LogP contribution in [0.5, 0.6) is 5.75 Å². The average Bonchev–Trinajstić information content (AvgIpc) is 2.46. The molecule has 2 nitrogen and oxygen atoms in total. The van der Waals surface area contributed by atoms with Crippen LogP contribution in [0.15, 0.2) is 48.5 Å². The monoisotopic (exact) mass is 283 g/mol. The molecule has 0 saturated carbocycles. The predicted octanol–water partition coefficient (Wildman–Crippen LogP) is 4.64. The SMILES string of the molecule is CC(C)NCc1c(OC(C)C)cccc1-c1ccccc1. The van der Waals surface area contributed by atoms with Crippen LogP contribution >= 0.6 is 0 Å². The van der Waals surface area contributed by atoms with Gasteiger partial charge in [-0.25, -0.2) is 0 Å². The highest BCUT2D eigenvalue weighted by molar-refractivity contribution is 5.70. The summed E-state index contributed by atoms with van der Waals surface area (Å²) in [6, 6.07) is 17.2. The predicted molar refractivity (Wildman–Crippen MR) is 89.6 cm³/mol. The highest BCUT2D eigenvalue weighted by Crippen LogP contribution is 2.31. The molecule has 0 radical (unpaired) electrons. The summed E-state index contributed by atoms with van der Waals surface area (Å²) in [4.78, 5) is 0. The molecule has 0 bridgehead atoms. The second-order valence-electron chi connectivity index (χ2n) is 5.85. The summed E-state index contributed by atoms with van der Waals surface area (Å²) in [5, 5.41) is 3.51. The maximum Gasteiger partial charge on any atom is 0.124 e. The van der Waals surface area contributed by atoms with Gasteiger partial charge in [0.15, 0.2) is 0 Å². The molecule has 21 heavy (non-hydrogen) atoms. The van der Waals surface area contributed by atoms with Crippen molar-refractivity contribution in [2.45, 2.75) is 46.4 Å². The third-order valence-electron chi connectivity index (χ3n) is 3.27. The first kappa shape index (κ1) is 15.6. The number of benzene rings is 2. The van der Waals surface area contributed by atoms with Crippen molar-refractivity contribution in [1.82, 2.24) is 5.32 Å². The Morgan fingerprint density at radius 1 is 0.905 bits per heavy atom. The maximum absolute atomic E-state index is 6.00. The van der Waals surface area contributed by atoms with Gasteiger partial charge in [0, 0.05) is 18.2 Å². The Morgan fingerprint density at radius 3 is 2.24 bits per heavy atom. The van der Waals surface area contributed by atoms with Crippen molar-refractivity contribution in [2.75, 3.05) is 0 Å². The van der Waals surface area contributed by atoms with Gasteiger partial charge < -0.3 is 10.1 Å². The number of rotatable bonds is 6. The molecule has 0 aliphatic rings. The first-order valence-electron chi connectivity index (χ1n) is 7.65. The molecule has 0 fully saturated rings. The molecule has 0 aromatic heterocycles. The van der Waals surface area contributed by atoms with Gasteiger partial charge in [0.05, 0.1) is 6.10 Å². The third kappa shape index (κ3) is 4.33. The molecule has 1 N–H and O–H groups in total. The van der Waals surface area contributed by atoms with Gasteiger partial charge in [0.1, 0.15) is 5.75 Å². The van der Waals surface area contributed by atoms with Crippen molar-refractivity contribution in [1.29, 1.82) is 0 Å². The van der Waals surface area contributed by atoms with Crippen molar-refractivity contribution in [3.8, 4) is 16.9 Å². The van der Waals surface area contributed by atoms with E-state index in [1.54, 1.807) is 0 Å². The van der Waals surface area contributed by atoms with E-state index in [0.29, 0.717) is 6.04 Å². The molecule has 0 atom stereocenters. The highest BCUT2D eigenvalue weighted by Gasteiger charge is 2.12. The topological polar surface area (TPSA) is 21.3 Å². The number of nitrogens with one attached hydrogen (secondary N) is 1. The summed E-state index contributed by atoms with van der Waals surface area (Å²) < 4.78 is 6.00.